The van der Waals surface area contributed by atoms with Gasteiger partial charge in [-0.2, -0.15) is 0 Å². The monoisotopic (exact) mass is 202 g/mol. The Hall–Kier alpha value is -0.0800. The molecule has 0 unspecified atom stereocenters. The SMILES string of the molecule is CC.CC[C@H]1[C@H](C)O[C@@H](C)C[C@@H]1OC. The van der Waals surface area contributed by atoms with Crippen molar-refractivity contribution in [3.8, 4) is 0 Å². The summed E-state index contributed by atoms with van der Waals surface area (Å²) in [6.45, 7) is 10.5. The zero-order valence-electron chi connectivity index (χ0n) is 10.5. The molecule has 0 aromatic carbocycles. The van der Waals surface area contributed by atoms with Gasteiger partial charge in [0.15, 0.2) is 0 Å². The van der Waals surface area contributed by atoms with Crippen LogP contribution in [0.4, 0.5) is 0 Å². The van der Waals surface area contributed by atoms with Crippen LogP contribution in [0, 0.1) is 5.92 Å². The molecule has 86 valence electrons. The van der Waals surface area contributed by atoms with Gasteiger partial charge in [-0.3, -0.25) is 0 Å². The fourth-order valence-electron chi connectivity index (χ4n) is 2.19. The first-order chi connectivity index (χ1) is 6.69. The first kappa shape index (κ1) is 13.9. The smallest absolute Gasteiger partial charge is 0.0648 e. The minimum Gasteiger partial charge on any atom is -0.381 e. The molecular formula is C12H26O2. The summed E-state index contributed by atoms with van der Waals surface area (Å²) in [6.07, 6.45) is 3.29. The maximum Gasteiger partial charge on any atom is 0.0648 e. The summed E-state index contributed by atoms with van der Waals surface area (Å²) in [7, 11) is 1.80. The summed E-state index contributed by atoms with van der Waals surface area (Å²) >= 11 is 0. The maximum absolute atomic E-state index is 5.74. The predicted octanol–water partition coefficient (Wildman–Crippen LogP) is 3.25. The molecule has 2 heteroatoms. The molecular weight excluding hydrogens is 176 g/mol. The molecule has 0 bridgehead atoms. The van der Waals surface area contributed by atoms with E-state index in [0.29, 0.717) is 24.2 Å². The molecule has 1 fully saturated rings. The Labute approximate surface area is 89.0 Å². The predicted molar refractivity (Wildman–Crippen MR) is 60.6 cm³/mol. The fraction of sp³-hybridized carbons (Fsp3) is 1.00. The van der Waals surface area contributed by atoms with Gasteiger partial charge in [0.25, 0.3) is 0 Å². The van der Waals surface area contributed by atoms with E-state index in [1.165, 1.54) is 0 Å². The van der Waals surface area contributed by atoms with Crippen LogP contribution in [0.1, 0.15) is 47.5 Å². The molecule has 1 saturated heterocycles. The third-order valence-corrected chi connectivity index (χ3v) is 2.87. The summed E-state index contributed by atoms with van der Waals surface area (Å²) in [4.78, 5) is 0. The van der Waals surface area contributed by atoms with Gasteiger partial charge >= 0.3 is 0 Å². The molecule has 0 aliphatic carbocycles. The fourth-order valence-corrected chi connectivity index (χ4v) is 2.19. The lowest BCUT2D eigenvalue weighted by Gasteiger charge is -2.38. The molecule has 1 aliphatic rings. The Morgan fingerprint density at radius 3 is 2.29 bits per heavy atom. The average molecular weight is 202 g/mol. The van der Waals surface area contributed by atoms with Gasteiger partial charge in [-0.05, 0) is 26.7 Å². The van der Waals surface area contributed by atoms with Crippen molar-refractivity contribution in [2.75, 3.05) is 7.11 Å². The highest BCUT2D eigenvalue weighted by atomic mass is 16.5. The van der Waals surface area contributed by atoms with Crippen molar-refractivity contribution < 1.29 is 9.47 Å². The van der Waals surface area contributed by atoms with Crippen molar-refractivity contribution in [2.45, 2.75) is 65.8 Å². The third kappa shape index (κ3) is 3.58. The summed E-state index contributed by atoms with van der Waals surface area (Å²) in [5.74, 6) is 0.575. The van der Waals surface area contributed by atoms with Crippen molar-refractivity contribution in [1.29, 1.82) is 0 Å². The van der Waals surface area contributed by atoms with Gasteiger partial charge in [-0.25, -0.2) is 0 Å². The van der Waals surface area contributed by atoms with E-state index in [0.717, 1.165) is 12.8 Å². The Morgan fingerprint density at radius 1 is 1.29 bits per heavy atom. The topological polar surface area (TPSA) is 18.5 Å². The molecule has 2 nitrogen and oxygen atoms in total. The van der Waals surface area contributed by atoms with Gasteiger partial charge in [0.05, 0.1) is 18.3 Å². The molecule has 0 radical (unpaired) electrons. The molecule has 4 atom stereocenters. The first-order valence-corrected chi connectivity index (χ1v) is 5.87. The van der Waals surface area contributed by atoms with Gasteiger partial charge in [0, 0.05) is 13.0 Å². The normalized spacial score (nSPS) is 37.3. The zero-order valence-corrected chi connectivity index (χ0v) is 10.5. The molecule has 1 aliphatic heterocycles. The molecule has 0 N–H and O–H groups in total. The zero-order chi connectivity index (χ0) is 11.1. The highest BCUT2D eigenvalue weighted by molar-refractivity contribution is 4.81. The van der Waals surface area contributed by atoms with Gasteiger partial charge in [-0.15, -0.1) is 0 Å². The molecule has 0 saturated carbocycles. The number of rotatable bonds is 2. The van der Waals surface area contributed by atoms with Crippen LogP contribution in [-0.2, 0) is 9.47 Å². The van der Waals surface area contributed by atoms with E-state index in [2.05, 4.69) is 20.8 Å². The quantitative estimate of drug-likeness (QED) is 0.684. The van der Waals surface area contributed by atoms with Crippen LogP contribution in [0.25, 0.3) is 0 Å². The second-order valence-electron chi connectivity index (χ2n) is 3.73. The van der Waals surface area contributed by atoms with Gasteiger partial charge in [-0.1, -0.05) is 20.8 Å². The standard InChI is InChI=1S/C10H20O2.C2H6/c1-5-9-8(3)12-7(2)6-10(9)11-4;1-2/h7-10H,5-6H2,1-4H3;1-2H3/t7-,8-,9-,10-;/m0./s1. The van der Waals surface area contributed by atoms with E-state index in [1.807, 2.05) is 13.8 Å². The Kier molecular flexibility index (Phi) is 7.20. The largest absolute Gasteiger partial charge is 0.381 e. The lowest BCUT2D eigenvalue weighted by Crippen LogP contribution is -2.42. The number of hydrogen-bond donors (Lipinski definition) is 0. The Morgan fingerprint density at radius 2 is 1.86 bits per heavy atom. The van der Waals surface area contributed by atoms with Gasteiger partial charge in [0.2, 0.25) is 0 Å². The van der Waals surface area contributed by atoms with E-state index >= 15 is 0 Å². The minimum absolute atomic E-state index is 0.351. The van der Waals surface area contributed by atoms with Crippen LogP contribution in [0.15, 0.2) is 0 Å². The number of hydrogen-bond acceptors (Lipinski definition) is 2. The summed E-state index contributed by atoms with van der Waals surface area (Å²) in [5, 5.41) is 0. The Bertz CT molecular complexity index is 136. The minimum atomic E-state index is 0.351. The van der Waals surface area contributed by atoms with Crippen molar-refractivity contribution in [2.24, 2.45) is 5.92 Å². The third-order valence-electron chi connectivity index (χ3n) is 2.87. The second kappa shape index (κ2) is 7.24. The van der Waals surface area contributed by atoms with Crippen LogP contribution >= 0.6 is 0 Å². The van der Waals surface area contributed by atoms with Gasteiger partial charge in [0.1, 0.15) is 0 Å². The van der Waals surface area contributed by atoms with Crippen molar-refractivity contribution in [3.63, 3.8) is 0 Å². The van der Waals surface area contributed by atoms with Crippen molar-refractivity contribution in [1.82, 2.24) is 0 Å². The molecule has 0 amide bonds. The van der Waals surface area contributed by atoms with E-state index in [9.17, 15) is 0 Å². The molecule has 0 aromatic heterocycles. The molecule has 14 heavy (non-hydrogen) atoms. The molecule has 1 rings (SSSR count). The van der Waals surface area contributed by atoms with Crippen LogP contribution < -0.4 is 0 Å². The Balaban J connectivity index is 0.000000791. The lowest BCUT2D eigenvalue weighted by atomic mass is 9.88. The van der Waals surface area contributed by atoms with E-state index in [1.54, 1.807) is 7.11 Å². The number of ether oxygens (including phenoxy) is 2. The average Bonchev–Trinajstić information content (AvgIpc) is 2.19. The van der Waals surface area contributed by atoms with Crippen molar-refractivity contribution >= 4 is 0 Å². The highest BCUT2D eigenvalue weighted by Crippen LogP contribution is 2.29. The van der Waals surface area contributed by atoms with Crippen LogP contribution in [-0.4, -0.2) is 25.4 Å². The molecule has 0 spiro atoms. The van der Waals surface area contributed by atoms with E-state index < -0.39 is 0 Å². The van der Waals surface area contributed by atoms with Crippen molar-refractivity contribution in [3.05, 3.63) is 0 Å². The number of methoxy groups -OCH3 is 1. The van der Waals surface area contributed by atoms with Crippen LogP contribution in [0.2, 0.25) is 0 Å². The van der Waals surface area contributed by atoms with E-state index in [4.69, 9.17) is 9.47 Å². The maximum atomic E-state index is 5.74. The van der Waals surface area contributed by atoms with Gasteiger partial charge < -0.3 is 9.47 Å². The van der Waals surface area contributed by atoms with E-state index in [-0.39, 0.29) is 0 Å². The van der Waals surface area contributed by atoms with Crippen LogP contribution in [0.3, 0.4) is 0 Å². The first-order valence-electron chi connectivity index (χ1n) is 5.87. The summed E-state index contributed by atoms with van der Waals surface area (Å²) in [6, 6.07) is 0. The van der Waals surface area contributed by atoms with Crippen LogP contribution in [0.5, 0.6) is 0 Å². The second-order valence-corrected chi connectivity index (χ2v) is 3.73. The molecule has 1 heterocycles. The summed E-state index contributed by atoms with van der Waals surface area (Å²) < 4.78 is 11.2. The molecule has 0 aromatic rings. The summed E-state index contributed by atoms with van der Waals surface area (Å²) in [5.41, 5.74) is 0. The highest BCUT2D eigenvalue weighted by Gasteiger charge is 2.33. The lowest BCUT2D eigenvalue weighted by molar-refractivity contribution is -0.133.